The number of nitrogens with zero attached hydrogens (tertiary/aromatic N) is 3. The Morgan fingerprint density at radius 3 is 2.62 bits per heavy atom. The maximum absolute atomic E-state index is 11.2. The first-order chi connectivity index (χ1) is 10.0. The van der Waals surface area contributed by atoms with Crippen LogP contribution in [-0.4, -0.2) is 25.7 Å². The molecule has 106 valence electrons. The summed E-state index contributed by atoms with van der Waals surface area (Å²) in [6.07, 6.45) is -0.122. The van der Waals surface area contributed by atoms with Gasteiger partial charge >= 0.3 is 5.97 Å². The third-order valence-corrected chi connectivity index (χ3v) is 3.67. The highest BCUT2D eigenvalue weighted by Gasteiger charge is 2.17. The molecule has 5 nitrogen and oxygen atoms in total. The molecule has 0 bridgehead atoms. The Labute approximate surface area is 129 Å². The van der Waals surface area contributed by atoms with Crippen LogP contribution in [0.2, 0.25) is 0 Å². The van der Waals surface area contributed by atoms with Crippen molar-refractivity contribution >= 4 is 27.5 Å². The van der Waals surface area contributed by atoms with Gasteiger partial charge in [-0.1, -0.05) is 28.1 Å². The summed E-state index contributed by atoms with van der Waals surface area (Å²) in [5.74, 6) is -0.904. The Hall–Kier alpha value is -2.21. The normalized spacial score (nSPS) is 11.0. The van der Waals surface area contributed by atoms with E-state index in [0.29, 0.717) is 17.0 Å². The van der Waals surface area contributed by atoms with Crippen molar-refractivity contribution in [1.29, 1.82) is 0 Å². The number of halogens is 1. The summed E-state index contributed by atoms with van der Waals surface area (Å²) < 4.78 is 2.57. The largest absolute Gasteiger partial charge is 0.481 e. The van der Waals surface area contributed by atoms with E-state index >= 15 is 0 Å². The van der Waals surface area contributed by atoms with E-state index in [-0.39, 0.29) is 6.42 Å². The van der Waals surface area contributed by atoms with E-state index in [1.54, 1.807) is 4.52 Å². The maximum atomic E-state index is 11.2. The first kappa shape index (κ1) is 13.8. The SMILES string of the molecule is Cc1ccc2nc(-c3ccc(Br)cc3)c(CC(=O)O)n2n1. The lowest BCUT2D eigenvalue weighted by molar-refractivity contribution is -0.136. The first-order valence-electron chi connectivity index (χ1n) is 6.37. The zero-order chi connectivity index (χ0) is 15.0. The molecule has 21 heavy (non-hydrogen) atoms. The van der Waals surface area contributed by atoms with Crippen molar-refractivity contribution in [2.45, 2.75) is 13.3 Å². The predicted octanol–water partition coefficient (Wildman–Crippen LogP) is 3.09. The second-order valence-electron chi connectivity index (χ2n) is 4.73. The Kier molecular flexibility index (Phi) is 3.47. The Balaban J connectivity index is 2.25. The fourth-order valence-corrected chi connectivity index (χ4v) is 2.48. The fraction of sp³-hybridized carbons (Fsp3) is 0.133. The van der Waals surface area contributed by atoms with Crippen LogP contribution in [0.15, 0.2) is 40.9 Å². The van der Waals surface area contributed by atoms with Crippen molar-refractivity contribution in [1.82, 2.24) is 14.6 Å². The number of rotatable bonds is 3. The summed E-state index contributed by atoms with van der Waals surface area (Å²) >= 11 is 3.39. The molecule has 0 unspecified atom stereocenters. The molecule has 0 saturated carbocycles. The summed E-state index contributed by atoms with van der Waals surface area (Å²) in [4.78, 5) is 15.7. The molecule has 2 heterocycles. The number of aromatic nitrogens is 3. The highest BCUT2D eigenvalue weighted by atomic mass is 79.9. The van der Waals surface area contributed by atoms with Crippen molar-refractivity contribution in [3.63, 3.8) is 0 Å². The molecule has 0 saturated heterocycles. The molecule has 3 rings (SSSR count). The number of hydrogen-bond acceptors (Lipinski definition) is 3. The number of aryl methyl sites for hydroxylation is 1. The molecular weight excluding hydrogens is 334 g/mol. The lowest BCUT2D eigenvalue weighted by atomic mass is 10.1. The second-order valence-corrected chi connectivity index (χ2v) is 5.64. The summed E-state index contributed by atoms with van der Waals surface area (Å²) in [7, 11) is 0. The third kappa shape index (κ3) is 2.67. The van der Waals surface area contributed by atoms with Crippen LogP contribution >= 0.6 is 15.9 Å². The average Bonchev–Trinajstić information content (AvgIpc) is 2.77. The molecule has 0 fully saturated rings. The third-order valence-electron chi connectivity index (χ3n) is 3.14. The molecule has 1 aromatic carbocycles. The monoisotopic (exact) mass is 345 g/mol. The number of hydrogen-bond donors (Lipinski definition) is 1. The van der Waals surface area contributed by atoms with Crippen LogP contribution < -0.4 is 0 Å². The number of aliphatic carboxylic acids is 1. The minimum absolute atomic E-state index is 0.122. The van der Waals surface area contributed by atoms with Gasteiger partial charge in [0.15, 0.2) is 5.65 Å². The molecule has 2 aromatic heterocycles. The van der Waals surface area contributed by atoms with Crippen molar-refractivity contribution in [2.75, 3.05) is 0 Å². The van der Waals surface area contributed by atoms with Gasteiger partial charge in [-0.15, -0.1) is 0 Å². The lowest BCUT2D eigenvalue weighted by Crippen LogP contribution is -2.07. The zero-order valence-electron chi connectivity index (χ0n) is 11.2. The van der Waals surface area contributed by atoms with Gasteiger partial charge in [-0.25, -0.2) is 9.50 Å². The minimum atomic E-state index is -0.904. The van der Waals surface area contributed by atoms with Crippen molar-refractivity contribution in [3.8, 4) is 11.3 Å². The van der Waals surface area contributed by atoms with Crippen LogP contribution in [0.5, 0.6) is 0 Å². The van der Waals surface area contributed by atoms with Crippen LogP contribution in [0, 0.1) is 6.92 Å². The summed E-state index contributed by atoms with van der Waals surface area (Å²) in [6.45, 7) is 1.86. The number of fused-ring (bicyclic) bond motifs is 1. The number of carbonyl (C=O) groups is 1. The summed E-state index contributed by atoms with van der Waals surface area (Å²) in [5.41, 5.74) is 3.58. The molecule has 0 spiro atoms. The van der Waals surface area contributed by atoms with Crippen LogP contribution in [0.25, 0.3) is 16.9 Å². The summed E-state index contributed by atoms with van der Waals surface area (Å²) in [6, 6.07) is 11.3. The summed E-state index contributed by atoms with van der Waals surface area (Å²) in [5, 5.41) is 13.5. The Bertz CT molecular complexity index is 825. The van der Waals surface area contributed by atoms with Gasteiger partial charge < -0.3 is 5.11 Å². The van der Waals surface area contributed by atoms with Gasteiger partial charge in [0.1, 0.15) is 0 Å². The molecular formula is C15H12BrN3O2. The van der Waals surface area contributed by atoms with Gasteiger partial charge in [-0.05, 0) is 31.2 Å². The van der Waals surface area contributed by atoms with E-state index in [0.717, 1.165) is 15.7 Å². The minimum Gasteiger partial charge on any atom is -0.481 e. The Morgan fingerprint density at radius 1 is 1.24 bits per heavy atom. The number of benzene rings is 1. The van der Waals surface area contributed by atoms with Gasteiger partial charge in [-0.2, -0.15) is 5.10 Å². The van der Waals surface area contributed by atoms with E-state index < -0.39 is 5.97 Å². The highest BCUT2D eigenvalue weighted by molar-refractivity contribution is 9.10. The van der Waals surface area contributed by atoms with Crippen LogP contribution in [0.3, 0.4) is 0 Å². The van der Waals surface area contributed by atoms with E-state index in [2.05, 4.69) is 26.0 Å². The average molecular weight is 346 g/mol. The quantitative estimate of drug-likeness (QED) is 0.791. The van der Waals surface area contributed by atoms with Crippen LogP contribution in [0.1, 0.15) is 11.4 Å². The van der Waals surface area contributed by atoms with Crippen molar-refractivity contribution in [2.24, 2.45) is 0 Å². The zero-order valence-corrected chi connectivity index (χ0v) is 12.8. The first-order valence-corrected chi connectivity index (χ1v) is 7.17. The molecule has 0 radical (unpaired) electrons. The van der Waals surface area contributed by atoms with Crippen molar-refractivity contribution < 1.29 is 9.90 Å². The highest BCUT2D eigenvalue weighted by Crippen LogP contribution is 2.26. The standard InChI is InChI=1S/C15H12BrN3O2/c1-9-2-7-13-17-15(10-3-5-11(16)6-4-10)12(8-14(20)21)19(13)18-9/h2-7H,8H2,1H3,(H,20,21). The molecule has 6 heteroatoms. The number of carboxylic acids is 1. The fourth-order valence-electron chi connectivity index (χ4n) is 2.21. The van der Waals surface area contributed by atoms with E-state index in [1.807, 2.05) is 43.3 Å². The molecule has 1 N–H and O–H groups in total. The van der Waals surface area contributed by atoms with Gasteiger partial charge in [-0.3, -0.25) is 4.79 Å². The molecule has 3 aromatic rings. The smallest absolute Gasteiger partial charge is 0.309 e. The van der Waals surface area contributed by atoms with Crippen LogP contribution in [-0.2, 0) is 11.2 Å². The number of carboxylic acid groups (broad SMARTS) is 1. The second kappa shape index (κ2) is 5.29. The maximum Gasteiger partial charge on any atom is 0.309 e. The van der Waals surface area contributed by atoms with E-state index in [9.17, 15) is 4.79 Å². The predicted molar refractivity (Wildman–Crippen MR) is 82.2 cm³/mol. The topological polar surface area (TPSA) is 67.5 Å². The molecule has 0 atom stereocenters. The molecule has 0 aliphatic carbocycles. The molecule has 0 aliphatic heterocycles. The number of imidazole rings is 1. The Morgan fingerprint density at radius 2 is 1.95 bits per heavy atom. The van der Waals surface area contributed by atoms with Gasteiger partial charge in [0, 0.05) is 10.0 Å². The molecule has 0 amide bonds. The molecule has 0 aliphatic rings. The van der Waals surface area contributed by atoms with Crippen LogP contribution in [0.4, 0.5) is 0 Å². The van der Waals surface area contributed by atoms with Gasteiger partial charge in [0.25, 0.3) is 0 Å². The van der Waals surface area contributed by atoms with Crippen molar-refractivity contribution in [3.05, 3.63) is 52.3 Å². The van der Waals surface area contributed by atoms with Gasteiger partial charge in [0.2, 0.25) is 0 Å². The van der Waals surface area contributed by atoms with Gasteiger partial charge in [0.05, 0.1) is 23.5 Å². The van der Waals surface area contributed by atoms with E-state index in [4.69, 9.17) is 5.11 Å². The lowest BCUT2D eigenvalue weighted by Gasteiger charge is -2.03. The van der Waals surface area contributed by atoms with E-state index in [1.165, 1.54) is 0 Å².